The fraction of sp³-hybridized carbons (Fsp3) is 0.474. The molecular weight excluding hydrogens is 435 g/mol. The van der Waals surface area contributed by atoms with Crippen LogP contribution in [0.5, 0.6) is 0 Å². The number of piperazine rings is 1. The maximum atomic E-state index is 13.3. The summed E-state index contributed by atoms with van der Waals surface area (Å²) in [5, 5.41) is 7.56. The molecule has 168 valence electrons. The molecule has 2 aromatic rings. The largest absolute Gasteiger partial charge is 0.417 e. The third-order valence-electron chi connectivity index (χ3n) is 5.65. The molecule has 1 fully saturated rings. The van der Waals surface area contributed by atoms with Gasteiger partial charge in [-0.25, -0.2) is 8.42 Å². The Bertz CT molecular complexity index is 1110. The van der Waals surface area contributed by atoms with E-state index in [9.17, 15) is 26.4 Å². The lowest BCUT2D eigenvalue weighted by atomic mass is 10.1. The molecule has 2 aliphatic rings. The highest BCUT2D eigenvalue weighted by Gasteiger charge is 2.40. The number of aryl methyl sites for hydroxylation is 1. The molecular formula is C19H22F3N5O3S. The van der Waals surface area contributed by atoms with E-state index < -0.39 is 26.7 Å². The average Bonchev–Trinajstić information content (AvgIpc) is 3.09. The van der Waals surface area contributed by atoms with Gasteiger partial charge in [0, 0.05) is 64.0 Å². The summed E-state index contributed by atoms with van der Waals surface area (Å²) in [6.45, 7) is 1.31. The van der Waals surface area contributed by atoms with Gasteiger partial charge >= 0.3 is 6.18 Å². The van der Waals surface area contributed by atoms with Crippen molar-refractivity contribution in [2.75, 3.05) is 32.7 Å². The number of nitrogens with one attached hydrogen (secondary N) is 1. The number of hydrogen-bond acceptors (Lipinski definition) is 5. The molecule has 0 radical (unpaired) electrons. The fourth-order valence-corrected chi connectivity index (χ4v) is 5.67. The normalized spacial score (nSPS) is 18.1. The highest BCUT2D eigenvalue weighted by Crippen LogP contribution is 2.35. The van der Waals surface area contributed by atoms with Crippen molar-refractivity contribution < 1.29 is 26.4 Å². The highest BCUT2D eigenvalue weighted by molar-refractivity contribution is 7.89. The topological polar surface area (TPSA) is 87.5 Å². The number of carbonyl (C=O) groups excluding carboxylic acids is 1. The summed E-state index contributed by atoms with van der Waals surface area (Å²) in [5.74, 6) is -0.298. The summed E-state index contributed by atoms with van der Waals surface area (Å²) in [5.41, 5.74) is 0.976. The molecule has 1 aromatic carbocycles. The number of sulfonamides is 1. The van der Waals surface area contributed by atoms with Crippen LogP contribution in [-0.2, 0) is 36.2 Å². The zero-order valence-corrected chi connectivity index (χ0v) is 17.6. The van der Waals surface area contributed by atoms with Crippen LogP contribution >= 0.6 is 0 Å². The van der Waals surface area contributed by atoms with Gasteiger partial charge in [-0.15, -0.1) is 0 Å². The van der Waals surface area contributed by atoms with Gasteiger partial charge in [-0.05, 0) is 12.1 Å². The summed E-state index contributed by atoms with van der Waals surface area (Å²) in [6.07, 6.45) is -4.02. The van der Waals surface area contributed by atoms with E-state index in [0.717, 1.165) is 46.7 Å². The maximum absolute atomic E-state index is 13.3. The number of alkyl halides is 3. The predicted molar refractivity (Wildman–Crippen MR) is 105 cm³/mol. The minimum absolute atomic E-state index is 0.0744. The first-order valence-electron chi connectivity index (χ1n) is 9.82. The monoisotopic (exact) mass is 457 g/mol. The fourth-order valence-electron chi connectivity index (χ4n) is 4.04. The van der Waals surface area contributed by atoms with E-state index in [1.54, 1.807) is 11.7 Å². The average molecular weight is 457 g/mol. The lowest BCUT2D eigenvalue weighted by Gasteiger charge is -2.34. The number of carbonyl (C=O) groups is 1. The Morgan fingerprint density at radius 2 is 1.81 bits per heavy atom. The zero-order valence-electron chi connectivity index (χ0n) is 16.8. The number of amides is 1. The van der Waals surface area contributed by atoms with Crippen LogP contribution in [0.2, 0.25) is 0 Å². The summed E-state index contributed by atoms with van der Waals surface area (Å²) in [4.78, 5) is 13.7. The van der Waals surface area contributed by atoms with Gasteiger partial charge in [-0.3, -0.25) is 9.48 Å². The van der Waals surface area contributed by atoms with Crippen molar-refractivity contribution in [3.05, 3.63) is 46.8 Å². The van der Waals surface area contributed by atoms with Gasteiger partial charge in [-0.1, -0.05) is 12.1 Å². The van der Waals surface area contributed by atoms with Crippen molar-refractivity contribution in [2.45, 2.75) is 24.0 Å². The van der Waals surface area contributed by atoms with E-state index in [2.05, 4.69) is 10.4 Å². The van der Waals surface area contributed by atoms with Gasteiger partial charge in [0.1, 0.15) is 0 Å². The number of nitrogens with zero attached hydrogens (tertiary/aromatic N) is 4. The van der Waals surface area contributed by atoms with E-state index in [-0.39, 0.29) is 32.1 Å². The molecule has 0 aliphatic carbocycles. The van der Waals surface area contributed by atoms with Gasteiger partial charge in [0.15, 0.2) is 5.69 Å². The minimum Gasteiger partial charge on any atom is -0.335 e. The third kappa shape index (κ3) is 3.94. The molecule has 0 spiro atoms. The Balaban J connectivity index is 1.51. The molecule has 0 atom stereocenters. The molecule has 3 heterocycles. The molecule has 4 rings (SSSR count). The summed E-state index contributed by atoms with van der Waals surface area (Å²) < 4.78 is 68.4. The molecule has 2 aliphatic heterocycles. The third-order valence-corrected chi connectivity index (χ3v) is 7.61. The van der Waals surface area contributed by atoms with Gasteiger partial charge in [-0.2, -0.15) is 22.6 Å². The van der Waals surface area contributed by atoms with Crippen molar-refractivity contribution in [1.82, 2.24) is 24.3 Å². The van der Waals surface area contributed by atoms with Crippen LogP contribution in [0.25, 0.3) is 0 Å². The first-order valence-corrected chi connectivity index (χ1v) is 11.3. The highest BCUT2D eigenvalue weighted by atomic mass is 32.2. The second-order valence-corrected chi connectivity index (χ2v) is 9.42. The van der Waals surface area contributed by atoms with Crippen molar-refractivity contribution >= 4 is 15.9 Å². The van der Waals surface area contributed by atoms with Gasteiger partial charge in [0.05, 0.1) is 10.5 Å². The number of hydrogen-bond donors (Lipinski definition) is 1. The summed E-state index contributed by atoms with van der Waals surface area (Å²) in [7, 11) is -2.57. The van der Waals surface area contributed by atoms with Crippen molar-refractivity contribution in [3.63, 3.8) is 0 Å². The molecule has 0 bridgehead atoms. The Kier molecular flexibility index (Phi) is 5.56. The number of benzene rings is 1. The van der Waals surface area contributed by atoms with Crippen molar-refractivity contribution in [1.29, 1.82) is 0 Å². The second kappa shape index (κ2) is 7.92. The molecule has 12 heteroatoms. The summed E-state index contributed by atoms with van der Waals surface area (Å²) in [6, 6.07) is 4.13. The van der Waals surface area contributed by atoms with E-state index in [4.69, 9.17) is 0 Å². The number of rotatable bonds is 3. The van der Waals surface area contributed by atoms with Gasteiger partial charge < -0.3 is 10.2 Å². The van der Waals surface area contributed by atoms with Crippen LogP contribution in [-0.4, -0.2) is 66.0 Å². The van der Waals surface area contributed by atoms with E-state index in [1.165, 1.54) is 11.0 Å². The molecule has 0 saturated carbocycles. The Hall–Kier alpha value is -2.44. The van der Waals surface area contributed by atoms with E-state index in [1.807, 2.05) is 0 Å². The molecule has 1 saturated heterocycles. The first kappa shape index (κ1) is 21.8. The lowest BCUT2D eigenvalue weighted by molar-refractivity contribution is -0.139. The van der Waals surface area contributed by atoms with Gasteiger partial charge in [0.2, 0.25) is 10.0 Å². The Morgan fingerprint density at radius 1 is 1.13 bits per heavy atom. The number of fused-ring (bicyclic) bond motifs is 1. The Morgan fingerprint density at radius 3 is 2.48 bits per heavy atom. The standard InChI is InChI=1S/C19H22F3N5O3S/c1-25-15-6-7-23-12-13(15)17(24-25)18(28)26-8-10-27(11-9-26)31(29,30)16-5-3-2-4-14(16)19(20,21)22/h2-5,23H,6-12H2,1H3. The van der Waals surface area contributed by atoms with Crippen LogP contribution in [0, 0.1) is 0 Å². The lowest BCUT2D eigenvalue weighted by Crippen LogP contribution is -2.51. The predicted octanol–water partition coefficient (Wildman–Crippen LogP) is 1.23. The molecule has 1 amide bonds. The smallest absolute Gasteiger partial charge is 0.335 e. The first-order chi connectivity index (χ1) is 14.6. The van der Waals surface area contributed by atoms with Gasteiger partial charge in [0.25, 0.3) is 5.91 Å². The van der Waals surface area contributed by atoms with E-state index >= 15 is 0 Å². The van der Waals surface area contributed by atoms with Crippen LogP contribution in [0.4, 0.5) is 13.2 Å². The molecule has 31 heavy (non-hydrogen) atoms. The summed E-state index contributed by atoms with van der Waals surface area (Å²) >= 11 is 0. The van der Waals surface area contributed by atoms with Crippen LogP contribution in [0.1, 0.15) is 27.3 Å². The maximum Gasteiger partial charge on any atom is 0.417 e. The molecule has 1 N–H and O–H groups in total. The van der Waals surface area contributed by atoms with Crippen LogP contribution < -0.4 is 5.32 Å². The molecule has 1 aromatic heterocycles. The number of halogens is 3. The zero-order chi connectivity index (χ0) is 22.4. The minimum atomic E-state index is -4.78. The SMILES string of the molecule is Cn1nc(C(=O)N2CCN(S(=O)(=O)c3ccccc3C(F)(F)F)CC2)c2c1CCNC2. The van der Waals surface area contributed by atoms with E-state index in [0.29, 0.717) is 12.2 Å². The van der Waals surface area contributed by atoms with Crippen molar-refractivity contribution in [2.24, 2.45) is 7.05 Å². The van der Waals surface area contributed by atoms with Crippen molar-refractivity contribution in [3.8, 4) is 0 Å². The second-order valence-electron chi connectivity index (χ2n) is 7.51. The quantitative estimate of drug-likeness (QED) is 0.749. The van der Waals surface area contributed by atoms with Crippen LogP contribution in [0.15, 0.2) is 29.2 Å². The molecule has 0 unspecified atom stereocenters. The molecule has 8 nitrogen and oxygen atoms in total. The Labute approximate surface area is 177 Å². The number of aromatic nitrogens is 2. The van der Waals surface area contributed by atoms with Crippen LogP contribution in [0.3, 0.4) is 0 Å².